The van der Waals surface area contributed by atoms with E-state index in [2.05, 4.69) is 4.98 Å². The van der Waals surface area contributed by atoms with Gasteiger partial charge in [-0.2, -0.15) is 0 Å². The molecule has 0 saturated carbocycles. The summed E-state index contributed by atoms with van der Waals surface area (Å²) < 4.78 is 22.8. The molecule has 1 heterocycles. The monoisotopic (exact) mass is 442 g/mol. The topological polar surface area (TPSA) is 242 Å². The quantitative estimate of drug-likeness (QED) is 0.115. The van der Waals surface area contributed by atoms with Crippen LogP contribution >= 0.6 is 15.2 Å². The average molecular weight is 442 g/mol. The first kappa shape index (κ1) is 29.1. The Morgan fingerprint density at radius 2 is 1.70 bits per heavy atom. The number of unbranched alkanes of at least 4 members (excludes halogenated alkanes) is 1. The fraction of sp³-hybridized carbons (Fsp3) is 0.636. The Labute approximate surface area is 177 Å². The molecule has 1 aromatic heterocycles. The number of carboxylic acid groups (broad SMARTS) is 1. The van der Waals surface area contributed by atoms with Crippen LogP contribution in [0, 0.1) is 0 Å². The van der Waals surface area contributed by atoms with Crippen LogP contribution in [0.3, 0.4) is 0 Å². The van der Waals surface area contributed by atoms with Crippen molar-refractivity contribution in [2.75, 3.05) is 6.54 Å². The van der Waals surface area contributed by atoms with Crippen molar-refractivity contribution in [1.82, 2.24) is 9.55 Å². The van der Waals surface area contributed by atoms with Gasteiger partial charge in [0.2, 0.25) is 0 Å². The van der Waals surface area contributed by atoms with Gasteiger partial charge in [0.1, 0.15) is 6.04 Å². The van der Waals surface area contributed by atoms with Gasteiger partial charge in [-0.05, 0) is 19.4 Å². The standard InChI is InChI=1S/C6H14N2O2.C5H10N2O7P2.Na.H/c7-4-2-1-3-5(8)6(9)10;8-5(15(9,10)11,16(12,13)14)3-7-2-1-6-4-7;;/h5H,1-4,7-8H2,(H,9,10);1-2,4,8H,3H2,(H2,9,10,11)(H2,12,13,14);;/t5-;;;/m0.../s1. The molecule has 0 aliphatic heterocycles. The first-order valence-corrected chi connectivity index (χ1v) is 10.5. The number of carbonyl (C=O) groups is 1. The van der Waals surface area contributed by atoms with Crippen LogP contribution in [0.1, 0.15) is 19.3 Å². The predicted octanol–water partition coefficient (Wildman–Crippen LogP) is -2.24. The van der Waals surface area contributed by atoms with Crippen LogP contribution in [-0.2, 0) is 20.5 Å². The number of aromatic nitrogens is 2. The van der Waals surface area contributed by atoms with Crippen LogP contribution in [-0.4, -0.2) is 92.5 Å². The third-order valence-corrected chi connectivity index (χ3v) is 6.89. The summed E-state index contributed by atoms with van der Waals surface area (Å²) in [6, 6.07) is -0.716. The fourth-order valence-corrected chi connectivity index (χ4v) is 3.66. The molecule has 0 saturated heterocycles. The summed E-state index contributed by atoms with van der Waals surface area (Å²) in [4.78, 5) is 48.9. The maximum atomic E-state index is 10.9. The molecule has 0 bridgehead atoms. The molecule has 27 heavy (non-hydrogen) atoms. The molecular weight excluding hydrogens is 417 g/mol. The number of imidazole rings is 1. The molecule has 0 fully saturated rings. The van der Waals surface area contributed by atoms with Crippen molar-refractivity contribution in [3.63, 3.8) is 0 Å². The minimum atomic E-state index is -5.41. The van der Waals surface area contributed by atoms with Crippen LogP contribution in [0.2, 0.25) is 0 Å². The third kappa shape index (κ3) is 9.75. The summed E-state index contributed by atoms with van der Waals surface area (Å²) in [5.74, 6) is -0.933. The number of rotatable bonds is 9. The Morgan fingerprint density at radius 1 is 1.19 bits per heavy atom. The SMILES string of the molecule is NCCCC[C@H](N)C(=O)O.O=P(O)(O)C(O)(Cn1ccnc1)P(=O)(O)O.[NaH]. The third-order valence-electron chi connectivity index (χ3n) is 3.17. The maximum absolute atomic E-state index is 10.9. The van der Waals surface area contributed by atoms with Crippen LogP contribution < -0.4 is 11.5 Å². The van der Waals surface area contributed by atoms with Gasteiger partial charge in [-0.25, -0.2) is 4.98 Å². The van der Waals surface area contributed by atoms with Gasteiger partial charge in [0.25, 0.3) is 5.08 Å². The van der Waals surface area contributed by atoms with E-state index in [1.807, 2.05) is 0 Å². The molecule has 1 atom stereocenters. The van der Waals surface area contributed by atoms with E-state index in [0.717, 1.165) is 23.7 Å². The number of aliphatic hydroxyl groups is 1. The summed E-state index contributed by atoms with van der Waals surface area (Å²) in [6.45, 7) is -0.353. The van der Waals surface area contributed by atoms with Gasteiger partial charge in [-0.3, -0.25) is 13.9 Å². The van der Waals surface area contributed by atoms with Crippen LogP contribution in [0.25, 0.3) is 0 Å². The van der Waals surface area contributed by atoms with Crippen molar-refractivity contribution < 1.29 is 43.7 Å². The number of nitrogens with two attached hydrogens (primary N) is 2. The molecule has 0 aromatic carbocycles. The summed E-state index contributed by atoms with van der Waals surface area (Å²) >= 11 is 0. The zero-order valence-corrected chi connectivity index (χ0v) is 15.5. The Bertz CT molecular complexity index is 626. The van der Waals surface area contributed by atoms with E-state index < -0.39 is 38.8 Å². The zero-order chi connectivity index (χ0) is 20.6. The second kappa shape index (κ2) is 12.4. The molecule has 1 rings (SSSR count). The summed E-state index contributed by atoms with van der Waals surface area (Å²) in [5, 5.41) is 14.4. The molecule has 0 spiro atoms. The Hall–Kier alpha value is -0.140. The number of hydrogen-bond donors (Lipinski definition) is 8. The van der Waals surface area contributed by atoms with E-state index in [1.165, 1.54) is 12.4 Å². The summed E-state index contributed by atoms with van der Waals surface area (Å²) in [7, 11) is -10.8. The van der Waals surface area contributed by atoms with Crippen molar-refractivity contribution >= 4 is 50.7 Å². The van der Waals surface area contributed by atoms with E-state index in [-0.39, 0.29) is 29.6 Å². The molecule has 13 nitrogen and oxygen atoms in total. The van der Waals surface area contributed by atoms with Gasteiger partial charge in [0, 0.05) is 12.4 Å². The van der Waals surface area contributed by atoms with E-state index in [4.69, 9.17) is 36.1 Å². The minimum absolute atomic E-state index is 0. The van der Waals surface area contributed by atoms with Gasteiger partial charge in [-0.1, -0.05) is 6.42 Å². The molecule has 0 aliphatic carbocycles. The molecule has 0 radical (unpaired) electrons. The predicted molar refractivity (Wildman–Crippen MR) is 96.9 cm³/mol. The van der Waals surface area contributed by atoms with Crippen molar-refractivity contribution in [3.8, 4) is 0 Å². The number of carboxylic acids is 1. The van der Waals surface area contributed by atoms with E-state index in [9.17, 15) is 19.0 Å². The number of nitrogens with zero attached hydrogens (tertiary/aromatic N) is 2. The number of hydrogen-bond acceptors (Lipinski definition) is 7. The normalized spacial score (nSPS) is 13.1. The first-order chi connectivity index (χ1) is 11.8. The Kier molecular flexibility index (Phi) is 13.4. The summed E-state index contributed by atoms with van der Waals surface area (Å²) in [5.41, 5.74) is 10.4. The molecule has 0 aliphatic rings. The van der Waals surface area contributed by atoms with Crippen molar-refractivity contribution in [1.29, 1.82) is 0 Å². The molecule has 16 heteroatoms. The second-order valence-corrected chi connectivity index (χ2v) is 9.34. The number of aliphatic carboxylic acids is 1. The van der Waals surface area contributed by atoms with Crippen LogP contribution in [0.15, 0.2) is 18.7 Å². The fourth-order valence-electron chi connectivity index (χ4n) is 1.61. The van der Waals surface area contributed by atoms with Crippen LogP contribution in [0.4, 0.5) is 0 Å². The second-order valence-electron chi connectivity index (χ2n) is 5.33. The molecule has 154 valence electrons. The van der Waals surface area contributed by atoms with Gasteiger partial charge in [-0.15, -0.1) is 0 Å². The van der Waals surface area contributed by atoms with Gasteiger partial charge in [0.05, 0.1) is 12.9 Å². The van der Waals surface area contributed by atoms with Crippen molar-refractivity contribution in [2.45, 2.75) is 36.9 Å². The molecule has 1 aromatic rings. The van der Waals surface area contributed by atoms with Crippen molar-refractivity contribution in [3.05, 3.63) is 18.7 Å². The molecule has 10 N–H and O–H groups in total. The van der Waals surface area contributed by atoms with Crippen molar-refractivity contribution in [2.24, 2.45) is 11.5 Å². The molecule has 0 unspecified atom stereocenters. The molecule has 0 amide bonds. The van der Waals surface area contributed by atoms with E-state index >= 15 is 0 Å². The van der Waals surface area contributed by atoms with Gasteiger partial charge in [0.15, 0.2) is 0 Å². The van der Waals surface area contributed by atoms with E-state index in [1.54, 1.807) is 0 Å². The zero-order valence-electron chi connectivity index (χ0n) is 13.7. The molecular formula is C11H25N4NaO9P2. The average Bonchev–Trinajstić information content (AvgIpc) is 2.98. The van der Waals surface area contributed by atoms with Crippen LogP contribution in [0.5, 0.6) is 0 Å². The van der Waals surface area contributed by atoms with Gasteiger partial charge < -0.3 is 45.8 Å². The first-order valence-electron chi connectivity index (χ1n) is 7.24. The van der Waals surface area contributed by atoms with Gasteiger partial charge >= 0.3 is 50.7 Å². The summed E-state index contributed by atoms with van der Waals surface area (Å²) in [6.07, 6.45) is 5.67. The Balaban J connectivity index is 0. The van der Waals surface area contributed by atoms with E-state index in [0.29, 0.717) is 13.0 Å². The Morgan fingerprint density at radius 3 is 2.04 bits per heavy atom.